The topological polar surface area (TPSA) is 40.6 Å². The SMILES string of the molecule is C/C(=C\C(=O)N1CCC(C(=O)N2CCCC2)CC1)c1ccc(F)cc1. The Hall–Kier alpha value is -2.17. The number of rotatable bonds is 3. The third kappa shape index (κ3) is 4.27. The van der Waals surface area contributed by atoms with Gasteiger partial charge in [0.05, 0.1) is 0 Å². The van der Waals surface area contributed by atoms with E-state index in [1.54, 1.807) is 23.1 Å². The molecule has 0 saturated carbocycles. The van der Waals surface area contributed by atoms with Gasteiger partial charge in [-0.3, -0.25) is 9.59 Å². The van der Waals surface area contributed by atoms with Gasteiger partial charge in [0, 0.05) is 38.2 Å². The molecule has 134 valence electrons. The van der Waals surface area contributed by atoms with Gasteiger partial charge < -0.3 is 9.80 Å². The Bertz CT molecular complexity index is 655. The van der Waals surface area contributed by atoms with E-state index in [0.29, 0.717) is 13.1 Å². The van der Waals surface area contributed by atoms with Gasteiger partial charge in [-0.25, -0.2) is 4.39 Å². The highest BCUT2D eigenvalue weighted by Crippen LogP contribution is 2.23. The van der Waals surface area contributed by atoms with Crippen molar-refractivity contribution in [3.8, 4) is 0 Å². The molecule has 2 saturated heterocycles. The maximum atomic E-state index is 13.0. The number of nitrogens with zero attached hydrogens (tertiary/aromatic N) is 2. The monoisotopic (exact) mass is 344 g/mol. The summed E-state index contributed by atoms with van der Waals surface area (Å²) in [5.41, 5.74) is 1.66. The lowest BCUT2D eigenvalue weighted by atomic mass is 9.95. The quantitative estimate of drug-likeness (QED) is 0.791. The van der Waals surface area contributed by atoms with Gasteiger partial charge >= 0.3 is 0 Å². The number of benzene rings is 1. The summed E-state index contributed by atoms with van der Waals surface area (Å²) in [5.74, 6) is 0.00785. The molecule has 2 fully saturated rings. The van der Waals surface area contributed by atoms with E-state index < -0.39 is 0 Å². The lowest BCUT2D eigenvalue weighted by Gasteiger charge is -2.32. The summed E-state index contributed by atoms with van der Waals surface area (Å²) in [6.45, 7) is 4.87. The van der Waals surface area contributed by atoms with E-state index in [0.717, 1.165) is 49.9 Å². The zero-order valence-electron chi connectivity index (χ0n) is 14.7. The van der Waals surface area contributed by atoms with Crippen LogP contribution in [0.4, 0.5) is 4.39 Å². The standard InChI is InChI=1S/C20H25FN2O2/c1-15(16-4-6-18(21)7-5-16)14-19(24)22-12-8-17(9-13-22)20(25)23-10-2-3-11-23/h4-7,14,17H,2-3,8-13H2,1H3/b15-14+. The molecule has 0 aliphatic carbocycles. The van der Waals surface area contributed by atoms with Crippen LogP contribution in [0.5, 0.6) is 0 Å². The predicted molar refractivity (Wildman–Crippen MR) is 95.2 cm³/mol. The van der Waals surface area contributed by atoms with E-state index in [1.807, 2.05) is 11.8 Å². The molecule has 2 amide bonds. The van der Waals surface area contributed by atoms with Crippen LogP contribution in [0.1, 0.15) is 38.2 Å². The molecule has 0 N–H and O–H groups in total. The van der Waals surface area contributed by atoms with Crippen molar-refractivity contribution < 1.29 is 14.0 Å². The lowest BCUT2D eigenvalue weighted by Crippen LogP contribution is -2.43. The van der Waals surface area contributed by atoms with Crippen LogP contribution in [0.25, 0.3) is 5.57 Å². The minimum absolute atomic E-state index is 0.0334. The van der Waals surface area contributed by atoms with Gasteiger partial charge in [0.15, 0.2) is 0 Å². The van der Waals surface area contributed by atoms with E-state index in [9.17, 15) is 14.0 Å². The number of amides is 2. The Labute approximate surface area is 148 Å². The van der Waals surface area contributed by atoms with Gasteiger partial charge in [-0.1, -0.05) is 12.1 Å². The summed E-state index contributed by atoms with van der Waals surface area (Å²) in [6.07, 6.45) is 5.30. The van der Waals surface area contributed by atoms with Gasteiger partial charge in [0.2, 0.25) is 11.8 Å². The van der Waals surface area contributed by atoms with Gasteiger partial charge in [0.25, 0.3) is 0 Å². The van der Waals surface area contributed by atoms with Crippen molar-refractivity contribution in [3.63, 3.8) is 0 Å². The van der Waals surface area contributed by atoms with E-state index in [2.05, 4.69) is 0 Å². The van der Waals surface area contributed by atoms with E-state index in [-0.39, 0.29) is 23.5 Å². The number of hydrogen-bond acceptors (Lipinski definition) is 2. The normalized spacial score (nSPS) is 19.4. The number of carbonyl (C=O) groups is 2. The van der Waals surface area contributed by atoms with Crippen molar-refractivity contribution in [2.24, 2.45) is 5.92 Å². The average Bonchev–Trinajstić information content (AvgIpc) is 3.16. The molecule has 2 heterocycles. The number of hydrogen-bond donors (Lipinski definition) is 0. The second kappa shape index (κ2) is 7.81. The number of halogens is 1. The molecule has 0 spiro atoms. The minimum atomic E-state index is -0.285. The van der Waals surface area contributed by atoms with Crippen molar-refractivity contribution in [2.45, 2.75) is 32.6 Å². The molecular weight excluding hydrogens is 319 g/mol. The first-order chi connectivity index (χ1) is 12.0. The first-order valence-corrected chi connectivity index (χ1v) is 9.06. The third-order valence-corrected chi connectivity index (χ3v) is 5.21. The molecule has 1 aromatic rings. The molecule has 2 aliphatic rings. The molecule has 3 rings (SSSR count). The summed E-state index contributed by atoms with van der Waals surface area (Å²) in [6, 6.07) is 6.14. The third-order valence-electron chi connectivity index (χ3n) is 5.21. The lowest BCUT2D eigenvalue weighted by molar-refractivity contribution is -0.138. The second-order valence-electron chi connectivity index (χ2n) is 6.97. The van der Waals surface area contributed by atoms with Crippen LogP contribution in [0.15, 0.2) is 30.3 Å². The van der Waals surface area contributed by atoms with Gasteiger partial charge in [0.1, 0.15) is 5.82 Å². The fraction of sp³-hybridized carbons (Fsp3) is 0.500. The first-order valence-electron chi connectivity index (χ1n) is 9.06. The fourth-order valence-corrected chi connectivity index (χ4v) is 3.62. The average molecular weight is 344 g/mol. The number of piperidine rings is 1. The fourth-order valence-electron chi connectivity index (χ4n) is 3.62. The van der Waals surface area contributed by atoms with Crippen LogP contribution in [-0.2, 0) is 9.59 Å². The van der Waals surface area contributed by atoms with Crippen LogP contribution < -0.4 is 0 Å². The van der Waals surface area contributed by atoms with Crippen LogP contribution >= 0.6 is 0 Å². The zero-order chi connectivity index (χ0) is 17.8. The molecule has 0 radical (unpaired) electrons. The second-order valence-corrected chi connectivity index (χ2v) is 6.97. The molecule has 0 atom stereocenters. The molecule has 1 aromatic carbocycles. The Morgan fingerprint density at radius 2 is 1.60 bits per heavy atom. The van der Waals surface area contributed by atoms with Gasteiger partial charge in [-0.15, -0.1) is 0 Å². The van der Waals surface area contributed by atoms with Crippen molar-refractivity contribution in [1.82, 2.24) is 9.80 Å². The maximum Gasteiger partial charge on any atom is 0.246 e. The Balaban J connectivity index is 1.55. The molecule has 0 unspecified atom stereocenters. The summed E-state index contributed by atoms with van der Waals surface area (Å²) < 4.78 is 13.0. The van der Waals surface area contributed by atoms with E-state index in [4.69, 9.17) is 0 Å². The zero-order valence-corrected chi connectivity index (χ0v) is 14.7. The number of allylic oxidation sites excluding steroid dienone is 1. The molecule has 0 bridgehead atoms. The molecule has 4 nitrogen and oxygen atoms in total. The summed E-state index contributed by atoms with van der Waals surface area (Å²) in [4.78, 5) is 28.7. The number of likely N-dealkylation sites (tertiary alicyclic amines) is 2. The molecule has 2 aliphatic heterocycles. The van der Waals surface area contributed by atoms with Crippen LogP contribution in [0.3, 0.4) is 0 Å². The first kappa shape index (κ1) is 17.6. The van der Waals surface area contributed by atoms with E-state index in [1.165, 1.54) is 12.1 Å². The number of carbonyl (C=O) groups excluding carboxylic acids is 2. The molecule has 5 heteroatoms. The molecule has 25 heavy (non-hydrogen) atoms. The highest BCUT2D eigenvalue weighted by molar-refractivity contribution is 5.95. The Morgan fingerprint density at radius 1 is 1.00 bits per heavy atom. The summed E-state index contributed by atoms with van der Waals surface area (Å²) in [5, 5.41) is 0. The van der Waals surface area contributed by atoms with Crippen LogP contribution in [-0.4, -0.2) is 47.8 Å². The minimum Gasteiger partial charge on any atom is -0.342 e. The molecular formula is C20H25FN2O2. The predicted octanol–water partition coefficient (Wildman–Crippen LogP) is 3.09. The Morgan fingerprint density at radius 3 is 2.20 bits per heavy atom. The van der Waals surface area contributed by atoms with Crippen LogP contribution in [0, 0.1) is 11.7 Å². The van der Waals surface area contributed by atoms with Crippen LogP contribution in [0.2, 0.25) is 0 Å². The van der Waals surface area contributed by atoms with Crippen molar-refractivity contribution >= 4 is 17.4 Å². The van der Waals surface area contributed by atoms with Crippen molar-refractivity contribution in [2.75, 3.05) is 26.2 Å². The smallest absolute Gasteiger partial charge is 0.246 e. The highest BCUT2D eigenvalue weighted by atomic mass is 19.1. The molecule has 0 aromatic heterocycles. The summed E-state index contributed by atoms with van der Waals surface area (Å²) >= 11 is 0. The largest absolute Gasteiger partial charge is 0.342 e. The summed E-state index contributed by atoms with van der Waals surface area (Å²) in [7, 11) is 0. The van der Waals surface area contributed by atoms with E-state index >= 15 is 0 Å². The highest BCUT2D eigenvalue weighted by Gasteiger charge is 2.30. The van der Waals surface area contributed by atoms with Gasteiger partial charge in [-0.2, -0.15) is 0 Å². The van der Waals surface area contributed by atoms with Gasteiger partial charge in [-0.05, 0) is 55.9 Å². The Kier molecular flexibility index (Phi) is 5.51. The van der Waals surface area contributed by atoms with Crippen molar-refractivity contribution in [1.29, 1.82) is 0 Å². The maximum absolute atomic E-state index is 13.0. The van der Waals surface area contributed by atoms with Crippen molar-refractivity contribution in [3.05, 3.63) is 41.7 Å².